The molecule has 0 radical (unpaired) electrons. The molecule has 0 aromatic rings. The highest BCUT2D eigenvalue weighted by molar-refractivity contribution is 5.94. The molecule has 158 valence electrons. The number of imide groups is 1. The van der Waals surface area contributed by atoms with Gasteiger partial charge in [0, 0.05) is 0 Å². The van der Waals surface area contributed by atoms with Gasteiger partial charge in [0.05, 0.1) is 0 Å². The molecule has 0 aromatic carbocycles. The third-order valence-corrected chi connectivity index (χ3v) is 2.85. The van der Waals surface area contributed by atoms with E-state index in [4.69, 9.17) is 19.9 Å². The minimum Gasteiger partial charge on any atom is -0.458 e. The average Bonchev–Trinajstić information content (AvgIpc) is 2.36. The molecular formula is C19H36N2O6. The molecule has 1 atom stereocenters. The van der Waals surface area contributed by atoms with Crippen molar-refractivity contribution < 1.29 is 28.6 Å². The zero-order valence-corrected chi connectivity index (χ0v) is 18.2. The third kappa shape index (κ3) is 10.8. The van der Waals surface area contributed by atoms with Crippen LogP contribution in [0.2, 0.25) is 0 Å². The maximum atomic E-state index is 12.7. The van der Waals surface area contributed by atoms with Crippen LogP contribution in [0.1, 0.15) is 75.2 Å². The summed E-state index contributed by atoms with van der Waals surface area (Å²) in [7, 11) is 0. The maximum absolute atomic E-state index is 12.7. The normalized spacial score (nSPS) is 13.6. The fraction of sp³-hybridized carbons (Fsp3) is 0.842. The summed E-state index contributed by atoms with van der Waals surface area (Å²) in [4.78, 5) is 38.9. The minimum absolute atomic E-state index is 0.143. The molecule has 8 heteroatoms. The zero-order chi connectivity index (χ0) is 21.6. The number of hydrogen-bond acceptors (Lipinski definition) is 7. The summed E-state index contributed by atoms with van der Waals surface area (Å²) < 4.78 is 16.0. The lowest BCUT2D eigenvalue weighted by atomic mass is 10.1. The van der Waals surface area contributed by atoms with Gasteiger partial charge in [-0.25, -0.2) is 14.4 Å². The molecule has 0 unspecified atom stereocenters. The van der Waals surface area contributed by atoms with Crippen LogP contribution < -0.4 is 5.73 Å². The molecule has 0 saturated carbocycles. The second kappa shape index (κ2) is 9.39. The first-order valence-corrected chi connectivity index (χ1v) is 9.15. The van der Waals surface area contributed by atoms with Crippen LogP contribution in [0.3, 0.4) is 0 Å². The number of carbonyl (C=O) groups excluding carboxylic acids is 3. The predicted octanol–water partition coefficient (Wildman–Crippen LogP) is 3.61. The third-order valence-electron chi connectivity index (χ3n) is 2.85. The Labute approximate surface area is 162 Å². The van der Waals surface area contributed by atoms with Crippen molar-refractivity contribution in [3.8, 4) is 0 Å². The number of rotatable bonds is 5. The summed E-state index contributed by atoms with van der Waals surface area (Å²) in [6, 6.07) is -1.20. The molecule has 0 saturated heterocycles. The Morgan fingerprint density at radius 2 is 1.15 bits per heavy atom. The summed E-state index contributed by atoms with van der Waals surface area (Å²) in [5, 5.41) is 0. The SMILES string of the molecule is CC(C)(C)OC(=O)[C@H](CCCN)N(C(=O)OC(C)(C)C)C(=O)OC(C)(C)C. The number of hydrogen-bond donors (Lipinski definition) is 1. The highest BCUT2D eigenvalue weighted by atomic mass is 16.6. The monoisotopic (exact) mass is 388 g/mol. The van der Waals surface area contributed by atoms with E-state index >= 15 is 0 Å². The first kappa shape index (κ1) is 25.2. The number of carbonyl (C=O) groups is 3. The molecule has 0 rings (SSSR count). The van der Waals surface area contributed by atoms with Crippen molar-refractivity contribution in [2.24, 2.45) is 5.73 Å². The molecule has 0 aliphatic rings. The molecule has 0 aliphatic heterocycles. The second-order valence-corrected chi connectivity index (χ2v) is 9.31. The molecule has 2 amide bonds. The summed E-state index contributed by atoms with van der Waals surface area (Å²) in [5.74, 6) is -0.715. The highest BCUT2D eigenvalue weighted by Gasteiger charge is 2.41. The molecule has 0 aromatic heterocycles. The molecule has 0 bridgehead atoms. The van der Waals surface area contributed by atoms with E-state index < -0.39 is 41.0 Å². The Bertz CT molecular complexity index is 498. The van der Waals surface area contributed by atoms with Gasteiger partial charge in [0.2, 0.25) is 0 Å². The lowest BCUT2D eigenvalue weighted by molar-refractivity contribution is -0.161. The van der Waals surface area contributed by atoms with E-state index in [1.165, 1.54) is 0 Å². The van der Waals surface area contributed by atoms with Crippen molar-refractivity contribution >= 4 is 18.2 Å². The molecule has 0 heterocycles. The Balaban J connectivity index is 5.90. The summed E-state index contributed by atoms with van der Waals surface area (Å²) in [5.41, 5.74) is 3.06. The largest absolute Gasteiger partial charge is 0.458 e. The van der Waals surface area contributed by atoms with Gasteiger partial charge in [-0.3, -0.25) is 0 Å². The molecular weight excluding hydrogens is 352 g/mol. The van der Waals surface area contributed by atoms with Gasteiger partial charge in [-0.2, -0.15) is 4.90 Å². The Kier molecular flexibility index (Phi) is 8.76. The van der Waals surface area contributed by atoms with E-state index in [-0.39, 0.29) is 13.0 Å². The molecule has 27 heavy (non-hydrogen) atoms. The van der Waals surface area contributed by atoms with Crippen LogP contribution in [-0.2, 0) is 19.0 Å². The fourth-order valence-electron chi connectivity index (χ4n) is 1.98. The average molecular weight is 389 g/mol. The van der Waals surface area contributed by atoms with Crippen LogP contribution in [0.5, 0.6) is 0 Å². The lowest BCUT2D eigenvalue weighted by Gasteiger charge is -2.33. The quantitative estimate of drug-likeness (QED) is 0.566. The van der Waals surface area contributed by atoms with E-state index in [1.54, 1.807) is 62.3 Å². The highest BCUT2D eigenvalue weighted by Crippen LogP contribution is 2.21. The van der Waals surface area contributed by atoms with Gasteiger partial charge in [-0.1, -0.05) is 0 Å². The van der Waals surface area contributed by atoms with Crippen molar-refractivity contribution in [3.05, 3.63) is 0 Å². The Morgan fingerprint density at radius 3 is 1.44 bits per heavy atom. The van der Waals surface area contributed by atoms with Gasteiger partial charge < -0.3 is 19.9 Å². The van der Waals surface area contributed by atoms with Gasteiger partial charge >= 0.3 is 18.2 Å². The molecule has 0 spiro atoms. The first-order chi connectivity index (χ1) is 12.0. The summed E-state index contributed by atoms with van der Waals surface area (Å²) in [6.45, 7) is 15.4. The van der Waals surface area contributed by atoms with Gasteiger partial charge in [0.1, 0.15) is 22.8 Å². The zero-order valence-electron chi connectivity index (χ0n) is 18.2. The number of amides is 2. The van der Waals surface area contributed by atoms with E-state index in [0.717, 1.165) is 0 Å². The standard InChI is InChI=1S/C19H36N2O6/c1-17(2,3)25-14(22)13(11-10-12-20)21(15(23)26-18(4,5)6)16(24)27-19(7,8)9/h13H,10-12,20H2,1-9H3/t13-/m0/s1. The van der Waals surface area contributed by atoms with Crippen LogP contribution in [-0.4, -0.2) is 52.4 Å². The molecule has 0 aliphatic carbocycles. The number of nitrogens with zero attached hydrogens (tertiary/aromatic N) is 1. The lowest BCUT2D eigenvalue weighted by Crippen LogP contribution is -2.53. The molecule has 8 nitrogen and oxygen atoms in total. The molecule has 0 fully saturated rings. The van der Waals surface area contributed by atoms with Crippen LogP contribution in [0.4, 0.5) is 9.59 Å². The van der Waals surface area contributed by atoms with Crippen molar-refractivity contribution in [2.75, 3.05) is 6.54 Å². The van der Waals surface area contributed by atoms with Gasteiger partial charge in [0.25, 0.3) is 0 Å². The Hall–Kier alpha value is -1.83. The maximum Gasteiger partial charge on any atom is 0.420 e. The van der Waals surface area contributed by atoms with Crippen molar-refractivity contribution in [3.63, 3.8) is 0 Å². The fourth-order valence-corrected chi connectivity index (χ4v) is 1.98. The van der Waals surface area contributed by atoms with Crippen LogP contribution in [0.25, 0.3) is 0 Å². The van der Waals surface area contributed by atoms with E-state index in [9.17, 15) is 14.4 Å². The van der Waals surface area contributed by atoms with E-state index in [2.05, 4.69) is 0 Å². The van der Waals surface area contributed by atoms with Gasteiger partial charge in [-0.15, -0.1) is 0 Å². The number of esters is 1. The van der Waals surface area contributed by atoms with Crippen molar-refractivity contribution in [2.45, 2.75) is 98.0 Å². The van der Waals surface area contributed by atoms with Gasteiger partial charge in [0.15, 0.2) is 0 Å². The smallest absolute Gasteiger partial charge is 0.420 e. The Morgan fingerprint density at radius 1 is 0.778 bits per heavy atom. The van der Waals surface area contributed by atoms with Crippen LogP contribution >= 0.6 is 0 Å². The number of nitrogens with two attached hydrogens (primary N) is 1. The second-order valence-electron chi connectivity index (χ2n) is 9.31. The summed E-state index contributed by atoms with van der Waals surface area (Å²) in [6.07, 6.45) is -1.38. The summed E-state index contributed by atoms with van der Waals surface area (Å²) >= 11 is 0. The van der Waals surface area contributed by atoms with Crippen molar-refractivity contribution in [1.29, 1.82) is 0 Å². The topological polar surface area (TPSA) is 108 Å². The van der Waals surface area contributed by atoms with Gasteiger partial charge in [-0.05, 0) is 81.7 Å². The molecule has 2 N–H and O–H groups in total. The predicted molar refractivity (Wildman–Crippen MR) is 102 cm³/mol. The minimum atomic E-state index is -1.20. The van der Waals surface area contributed by atoms with Crippen LogP contribution in [0.15, 0.2) is 0 Å². The van der Waals surface area contributed by atoms with Crippen LogP contribution in [0, 0.1) is 0 Å². The van der Waals surface area contributed by atoms with E-state index in [1.807, 2.05) is 0 Å². The first-order valence-electron chi connectivity index (χ1n) is 9.15. The van der Waals surface area contributed by atoms with E-state index in [0.29, 0.717) is 11.3 Å². The van der Waals surface area contributed by atoms with Crippen molar-refractivity contribution in [1.82, 2.24) is 4.90 Å². The number of ether oxygens (including phenoxy) is 3.